The molecule has 0 fully saturated rings. The summed E-state index contributed by atoms with van der Waals surface area (Å²) in [7, 11) is 1.60. The molecule has 1 aromatic heterocycles. The van der Waals surface area contributed by atoms with Gasteiger partial charge in [-0.15, -0.1) is 0 Å². The second kappa shape index (κ2) is 7.73. The van der Waals surface area contributed by atoms with Crippen molar-refractivity contribution in [1.82, 2.24) is 9.78 Å². The largest absolute Gasteiger partial charge is 0.424 e. The first-order valence-corrected chi connectivity index (χ1v) is 8.33. The van der Waals surface area contributed by atoms with Crippen molar-refractivity contribution in [3.8, 4) is 6.07 Å². The molecule has 2 aromatic rings. The van der Waals surface area contributed by atoms with Crippen LogP contribution >= 0.6 is 23.2 Å². The third kappa shape index (κ3) is 4.04. The number of ether oxygens (including phenoxy) is 1. The summed E-state index contributed by atoms with van der Waals surface area (Å²) < 4.78 is 6.64. The molecular formula is C18H17Cl2N3O2. The minimum atomic E-state index is -0.586. The van der Waals surface area contributed by atoms with Gasteiger partial charge in [0, 0.05) is 14.0 Å². The number of nitrogens with zero attached hydrogens (tertiary/aromatic N) is 3. The molecule has 0 aliphatic heterocycles. The quantitative estimate of drug-likeness (QED) is 0.435. The van der Waals surface area contributed by atoms with Gasteiger partial charge in [-0.3, -0.25) is 9.48 Å². The van der Waals surface area contributed by atoms with Crippen molar-refractivity contribution in [3.63, 3.8) is 0 Å². The van der Waals surface area contributed by atoms with Gasteiger partial charge in [-0.25, -0.2) is 0 Å². The van der Waals surface area contributed by atoms with Crippen molar-refractivity contribution < 1.29 is 9.53 Å². The summed E-state index contributed by atoms with van der Waals surface area (Å²) in [4.78, 5) is 11.6. The van der Waals surface area contributed by atoms with Crippen LogP contribution in [0.15, 0.2) is 24.3 Å². The van der Waals surface area contributed by atoms with Crippen LogP contribution in [0.5, 0.6) is 0 Å². The Morgan fingerprint density at radius 3 is 2.28 bits per heavy atom. The Kier molecular flexibility index (Phi) is 5.89. The minimum absolute atomic E-state index is 0.00426. The molecular weight excluding hydrogens is 361 g/mol. The summed E-state index contributed by atoms with van der Waals surface area (Å²) >= 11 is 12.4. The summed E-state index contributed by atoms with van der Waals surface area (Å²) in [6.45, 7) is 5.40. The molecule has 7 heteroatoms. The molecule has 1 heterocycles. The number of halogens is 2. The lowest BCUT2D eigenvalue weighted by Crippen LogP contribution is -2.02. The average Bonchev–Trinajstić information content (AvgIpc) is 2.80. The molecule has 5 nitrogen and oxygen atoms in total. The van der Waals surface area contributed by atoms with Crippen molar-refractivity contribution in [1.29, 1.82) is 5.26 Å². The summed E-state index contributed by atoms with van der Waals surface area (Å²) in [6, 6.07) is 9.54. The maximum Gasteiger partial charge on any atom is 0.308 e. The zero-order valence-electron chi connectivity index (χ0n) is 14.3. The number of hydrogen-bond acceptors (Lipinski definition) is 4. The summed E-state index contributed by atoms with van der Waals surface area (Å²) in [5, 5.41) is 13.9. The van der Waals surface area contributed by atoms with Crippen molar-refractivity contribution in [2.45, 2.75) is 26.7 Å². The van der Waals surface area contributed by atoms with Gasteiger partial charge in [-0.1, -0.05) is 61.3 Å². The first-order valence-electron chi connectivity index (χ1n) is 7.57. The summed E-state index contributed by atoms with van der Waals surface area (Å²) in [6.07, 6.45) is 0. The molecule has 1 aromatic carbocycles. The van der Waals surface area contributed by atoms with Crippen LogP contribution in [0.4, 0.5) is 0 Å². The lowest BCUT2D eigenvalue weighted by Gasteiger charge is -2.11. The van der Waals surface area contributed by atoms with Crippen LogP contribution in [-0.2, 0) is 16.6 Å². The van der Waals surface area contributed by atoms with E-state index in [-0.39, 0.29) is 27.2 Å². The lowest BCUT2D eigenvalue weighted by atomic mass is 9.98. The number of carbonyl (C=O) groups is 1. The zero-order valence-corrected chi connectivity index (χ0v) is 15.8. The molecule has 25 heavy (non-hydrogen) atoms. The first-order chi connectivity index (χ1) is 11.8. The molecule has 0 unspecified atom stereocenters. The van der Waals surface area contributed by atoms with E-state index in [9.17, 15) is 10.1 Å². The van der Waals surface area contributed by atoms with E-state index in [4.69, 9.17) is 27.9 Å². The number of carbonyl (C=O) groups excluding carboxylic acids is 1. The van der Waals surface area contributed by atoms with Crippen LogP contribution in [0.3, 0.4) is 0 Å². The van der Waals surface area contributed by atoms with E-state index < -0.39 is 5.97 Å². The highest BCUT2D eigenvalue weighted by molar-refractivity contribution is 6.37. The molecule has 0 atom stereocenters. The van der Waals surface area contributed by atoms with Gasteiger partial charge in [0.25, 0.3) is 0 Å². The van der Waals surface area contributed by atoms with E-state index in [1.807, 2.05) is 12.1 Å². The Morgan fingerprint density at radius 1 is 1.28 bits per heavy atom. The normalized spacial score (nSPS) is 11.9. The molecule has 0 aliphatic rings. The number of nitriles is 1. The maximum absolute atomic E-state index is 11.6. The highest BCUT2D eigenvalue weighted by Crippen LogP contribution is 2.36. The smallest absolute Gasteiger partial charge is 0.308 e. The van der Waals surface area contributed by atoms with Crippen LogP contribution in [-0.4, -0.2) is 15.7 Å². The number of hydrogen-bond donors (Lipinski definition) is 0. The monoisotopic (exact) mass is 377 g/mol. The van der Waals surface area contributed by atoms with Crippen LogP contribution in [0.1, 0.15) is 43.4 Å². The van der Waals surface area contributed by atoms with Crippen LogP contribution < -0.4 is 0 Å². The van der Waals surface area contributed by atoms with Gasteiger partial charge in [-0.2, -0.15) is 10.4 Å². The SMILES string of the molecule is CC(=O)OC(=C(C#N)c1ccc(C(C)C)cc1)c1c(Cl)nn(C)c1Cl. The van der Waals surface area contributed by atoms with Crippen LogP contribution in [0, 0.1) is 11.3 Å². The maximum atomic E-state index is 11.6. The molecule has 0 N–H and O–H groups in total. The molecule has 0 amide bonds. The van der Waals surface area contributed by atoms with Gasteiger partial charge in [0.05, 0.1) is 5.56 Å². The topological polar surface area (TPSA) is 67.9 Å². The van der Waals surface area contributed by atoms with E-state index in [1.165, 1.54) is 11.6 Å². The molecule has 0 radical (unpaired) electrons. The predicted octanol–water partition coefficient (Wildman–Crippen LogP) is 4.81. The number of aryl methyl sites for hydroxylation is 1. The highest BCUT2D eigenvalue weighted by Gasteiger charge is 2.24. The fourth-order valence-electron chi connectivity index (χ4n) is 2.31. The van der Waals surface area contributed by atoms with Gasteiger partial charge in [0.1, 0.15) is 16.8 Å². The molecule has 0 bridgehead atoms. The Labute approximate surface area is 156 Å². The molecule has 0 saturated heterocycles. The number of esters is 1. The lowest BCUT2D eigenvalue weighted by molar-refractivity contribution is -0.134. The van der Waals surface area contributed by atoms with Crippen molar-refractivity contribution in [2.24, 2.45) is 7.05 Å². The number of allylic oxidation sites excluding steroid dienone is 1. The highest BCUT2D eigenvalue weighted by atomic mass is 35.5. The van der Waals surface area contributed by atoms with Crippen molar-refractivity contribution in [3.05, 3.63) is 51.3 Å². The van der Waals surface area contributed by atoms with Gasteiger partial charge < -0.3 is 4.74 Å². The third-order valence-electron chi connectivity index (χ3n) is 3.61. The summed E-state index contributed by atoms with van der Waals surface area (Å²) in [5.41, 5.74) is 2.10. The van der Waals surface area contributed by atoms with E-state index >= 15 is 0 Å². The molecule has 130 valence electrons. The van der Waals surface area contributed by atoms with Crippen LogP contribution in [0.2, 0.25) is 10.3 Å². The predicted molar refractivity (Wildman–Crippen MR) is 98.0 cm³/mol. The molecule has 0 aliphatic carbocycles. The number of rotatable bonds is 4. The van der Waals surface area contributed by atoms with E-state index in [0.717, 1.165) is 5.56 Å². The molecule has 0 spiro atoms. The van der Waals surface area contributed by atoms with Crippen molar-refractivity contribution >= 4 is 40.5 Å². The Morgan fingerprint density at radius 2 is 1.88 bits per heavy atom. The number of benzene rings is 1. The Hall–Kier alpha value is -2.29. The second-order valence-corrected chi connectivity index (χ2v) is 6.48. The van der Waals surface area contributed by atoms with Gasteiger partial charge in [0.15, 0.2) is 10.9 Å². The van der Waals surface area contributed by atoms with E-state index in [2.05, 4.69) is 25.0 Å². The average molecular weight is 378 g/mol. The third-order valence-corrected chi connectivity index (χ3v) is 4.31. The van der Waals surface area contributed by atoms with Gasteiger partial charge in [0.2, 0.25) is 0 Å². The van der Waals surface area contributed by atoms with E-state index in [0.29, 0.717) is 11.5 Å². The molecule has 0 saturated carbocycles. The fraction of sp³-hybridized carbons (Fsp3) is 0.278. The standard InChI is InChI=1S/C18H17Cl2N3O2/c1-10(2)12-5-7-13(8-6-12)14(9-21)16(25-11(3)24)15-17(19)22-23(4)18(15)20/h5-8,10H,1-4H3. The zero-order chi connectivity index (χ0) is 18.7. The fourth-order valence-corrected chi connectivity index (χ4v) is 2.86. The van der Waals surface area contributed by atoms with Gasteiger partial charge >= 0.3 is 5.97 Å². The van der Waals surface area contributed by atoms with Crippen LogP contribution in [0.25, 0.3) is 11.3 Å². The summed E-state index contributed by atoms with van der Waals surface area (Å²) in [5.74, 6) is -0.230. The van der Waals surface area contributed by atoms with E-state index in [1.54, 1.807) is 19.2 Å². The Bertz CT molecular complexity index is 875. The van der Waals surface area contributed by atoms with Crippen molar-refractivity contribution in [2.75, 3.05) is 0 Å². The second-order valence-electron chi connectivity index (χ2n) is 5.77. The Balaban J connectivity index is 2.70. The molecule has 2 rings (SSSR count). The van der Waals surface area contributed by atoms with Gasteiger partial charge in [-0.05, 0) is 17.0 Å². The number of aromatic nitrogens is 2. The minimum Gasteiger partial charge on any atom is -0.424 e. The first kappa shape index (κ1) is 19.0.